The van der Waals surface area contributed by atoms with Crippen LogP contribution in [0.25, 0.3) is 0 Å². The van der Waals surface area contributed by atoms with Crippen LogP contribution in [0.1, 0.15) is 24.0 Å². The van der Waals surface area contributed by atoms with Gasteiger partial charge in [0, 0.05) is 17.5 Å². The third kappa shape index (κ3) is 4.43. The van der Waals surface area contributed by atoms with E-state index >= 15 is 0 Å². The molecule has 1 saturated carbocycles. The van der Waals surface area contributed by atoms with Gasteiger partial charge in [-0.2, -0.15) is 13.2 Å². The first-order valence-corrected chi connectivity index (χ1v) is 10.5. The Hall–Kier alpha value is -2.30. The molecule has 0 spiro atoms. The highest BCUT2D eigenvalue weighted by Crippen LogP contribution is 2.50. The lowest BCUT2D eigenvalue weighted by Gasteiger charge is -2.29. The normalized spacial score (nSPS) is 24.2. The third-order valence-corrected chi connectivity index (χ3v) is 6.19. The predicted octanol–water partition coefficient (Wildman–Crippen LogP) is 6.17. The number of anilines is 1. The summed E-state index contributed by atoms with van der Waals surface area (Å²) in [7, 11) is 0. The van der Waals surface area contributed by atoms with Crippen molar-refractivity contribution in [1.82, 2.24) is 5.43 Å². The molecule has 3 atom stereocenters. The predicted molar refractivity (Wildman–Crippen MR) is 113 cm³/mol. The highest BCUT2D eigenvalue weighted by molar-refractivity contribution is 6.35. The van der Waals surface area contributed by atoms with Crippen molar-refractivity contribution < 1.29 is 31.6 Å². The molecule has 176 valence electrons. The molecule has 1 heterocycles. The quantitative estimate of drug-likeness (QED) is 0.277. The molecule has 1 fully saturated rings. The number of benzene rings is 2. The molecule has 4 rings (SSSR count). The lowest BCUT2D eigenvalue weighted by molar-refractivity contribution is -0.275. The van der Waals surface area contributed by atoms with E-state index in [0.717, 1.165) is 12.1 Å². The van der Waals surface area contributed by atoms with Gasteiger partial charge in [0.25, 0.3) is 5.60 Å². The minimum Gasteiger partial charge on any atom is -0.374 e. The summed E-state index contributed by atoms with van der Waals surface area (Å²) in [6, 6.07) is 5.71. The second-order valence-electron chi connectivity index (χ2n) is 7.55. The van der Waals surface area contributed by atoms with Gasteiger partial charge in [0.15, 0.2) is 5.82 Å². The van der Waals surface area contributed by atoms with Gasteiger partial charge < -0.3 is 4.84 Å². The number of alkyl halides is 4. The zero-order valence-corrected chi connectivity index (χ0v) is 18.5. The number of rotatable bonds is 5. The standard InChI is InChI=1S/C20H13Cl3F5N3O2/c21-11-2-1-8(3-15(11)29-30-18(32)10-6-14(10)24)16-7-19(33-31-16,20(26,27)28)9-4-12(22)17(25)13(23)5-9/h1-5,10,14,29H,6-7H2,(H,30,32)/t10-,14-,19+/m0/s1. The van der Waals surface area contributed by atoms with Gasteiger partial charge in [0.05, 0.1) is 32.4 Å². The average Bonchev–Trinajstić information content (AvgIpc) is 3.29. The number of hydrogen-bond acceptors (Lipinski definition) is 4. The molecule has 1 amide bonds. The Bertz CT molecular complexity index is 1140. The molecule has 2 aromatic carbocycles. The summed E-state index contributed by atoms with van der Waals surface area (Å²) >= 11 is 17.5. The van der Waals surface area contributed by atoms with Crippen LogP contribution in [0.15, 0.2) is 35.5 Å². The van der Waals surface area contributed by atoms with Crippen LogP contribution in [0.3, 0.4) is 0 Å². The molecular formula is C20H13Cl3F5N3O2. The van der Waals surface area contributed by atoms with E-state index in [4.69, 9.17) is 39.6 Å². The molecule has 0 aromatic heterocycles. The van der Waals surface area contributed by atoms with E-state index in [1.807, 2.05) is 0 Å². The van der Waals surface area contributed by atoms with Crippen LogP contribution in [0.4, 0.5) is 27.6 Å². The topological polar surface area (TPSA) is 62.7 Å². The Balaban J connectivity index is 1.60. The third-order valence-electron chi connectivity index (χ3n) is 5.31. The number of carbonyl (C=O) groups excluding carboxylic acids is 1. The van der Waals surface area contributed by atoms with E-state index in [9.17, 15) is 26.7 Å². The van der Waals surface area contributed by atoms with E-state index in [1.54, 1.807) is 0 Å². The molecule has 2 aromatic rings. The van der Waals surface area contributed by atoms with Crippen molar-refractivity contribution in [2.75, 3.05) is 5.43 Å². The summed E-state index contributed by atoms with van der Waals surface area (Å²) < 4.78 is 69.2. The molecule has 5 nitrogen and oxygen atoms in total. The van der Waals surface area contributed by atoms with Gasteiger partial charge in [-0.25, -0.2) is 8.78 Å². The van der Waals surface area contributed by atoms with Crippen molar-refractivity contribution in [2.24, 2.45) is 11.1 Å². The van der Waals surface area contributed by atoms with Gasteiger partial charge in [-0.15, -0.1) is 0 Å². The Labute approximate surface area is 198 Å². The van der Waals surface area contributed by atoms with Gasteiger partial charge in [-0.1, -0.05) is 46.0 Å². The molecule has 0 bridgehead atoms. The smallest absolute Gasteiger partial charge is 0.374 e. The molecule has 1 aliphatic heterocycles. The largest absolute Gasteiger partial charge is 0.435 e. The maximum atomic E-state index is 14.1. The highest BCUT2D eigenvalue weighted by atomic mass is 35.5. The fourth-order valence-electron chi connectivity index (χ4n) is 3.30. The summed E-state index contributed by atoms with van der Waals surface area (Å²) in [6.07, 6.45) is -6.82. The number of carbonyl (C=O) groups is 1. The lowest BCUT2D eigenvalue weighted by Crippen LogP contribution is -2.42. The molecule has 0 radical (unpaired) electrons. The minimum atomic E-state index is -4.96. The van der Waals surface area contributed by atoms with E-state index < -0.39 is 57.6 Å². The van der Waals surface area contributed by atoms with Crippen molar-refractivity contribution in [2.45, 2.75) is 30.8 Å². The maximum absolute atomic E-state index is 14.1. The monoisotopic (exact) mass is 527 g/mol. The number of hydrogen-bond donors (Lipinski definition) is 2. The molecule has 33 heavy (non-hydrogen) atoms. The molecule has 1 aliphatic carbocycles. The summed E-state index contributed by atoms with van der Waals surface area (Å²) in [6.45, 7) is 0. The van der Waals surface area contributed by atoms with Crippen LogP contribution >= 0.6 is 34.8 Å². The average molecular weight is 529 g/mol. The molecule has 0 saturated heterocycles. The van der Waals surface area contributed by atoms with Crippen LogP contribution < -0.4 is 10.9 Å². The first-order valence-electron chi connectivity index (χ1n) is 9.39. The second kappa shape index (κ2) is 8.48. The number of nitrogens with one attached hydrogen (secondary N) is 2. The number of nitrogens with zero attached hydrogens (tertiary/aromatic N) is 1. The van der Waals surface area contributed by atoms with Crippen molar-refractivity contribution in [3.63, 3.8) is 0 Å². The van der Waals surface area contributed by atoms with Crippen LogP contribution in [0.2, 0.25) is 15.1 Å². The van der Waals surface area contributed by atoms with E-state index in [1.165, 1.54) is 18.2 Å². The number of amides is 1. The van der Waals surface area contributed by atoms with Gasteiger partial charge in [-0.3, -0.25) is 15.6 Å². The van der Waals surface area contributed by atoms with Gasteiger partial charge in [-0.05, 0) is 30.7 Å². The van der Waals surface area contributed by atoms with E-state index in [2.05, 4.69) is 16.0 Å². The number of halogens is 8. The molecule has 0 unspecified atom stereocenters. The first-order chi connectivity index (χ1) is 15.4. The zero-order valence-electron chi connectivity index (χ0n) is 16.2. The Morgan fingerprint density at radius 2 is 1.76 bits per heavy atom. The molecule has 13 heteroatoms. The van der Waals surface area contributed by atoms with Gasteiger partial charge in [0.1, 0.15) is 6.17 Å². The SMILES string of the molecule is O=C(NNc1cc(C2=NO[C@](c3cc(Cl)c(F)c(Cl)c3)(C(F)(F)F)C2)ccc1Cl)[C@H]1C[C@@H]1F. The fourth-order valence-corrected chi connectivity index (χ4v) is 3.96. The fraction of sp³-hybridized carbons (Fsp3) is 0.300. The van der Waals surface area contributed by atoms with Crippen molar-refractivity contribution >= 4 is 52.1 Å². The lowest BCUT2D eigenvalue weighted by atomic mass is 9.86. The van der Waals surface area contributed by atoms with Crippen molar-refractivity contribution in [1.29, 1.82) is 0 Å². The Kier molecular flexibility index (Phi) is 6.13. The van der Waals surface area contributed by atoms with Crippen molar-refractivity contribution in [3.8, 4) is 0 Å². The molecular weight excluding hydrogens is 516 g/mol. The molecule has 2 N–H and O–H groups in total. The Morgan fingerprint density at radius 1 is 1.12 bits per heavy atom. The second-order valence-corrected chi connectivity index (χ2v) is 8.77. The van der Waals surface area contributed by atoms with E-state index in [-0.39, 0.29) is 28.4 Å². The number of hydrazine groups is 1. The van der Waals surface area contributed by atoms with Crippen LogP contribution in [-0.2, 0) is 15.2 Å². The van der Waals surface area contributed by atoms with Crippen LogP contribution in [0, 0.1) is 11.7 Å². The van der Waals surface area contributed by atoms with Crippen molar-refractivity contribution in [3.05, 3.63) is 62.3 Å². The minimum absolute atomic E-state index is 0.0963. The summed E-state index contributed by atoms with van der Waals surface area (Å²) in [5.41, 5.74) is 1.62. The van der Waals surface area contributed by atoms with Gasteiger partial charge in [0.2, 0.25) is 5.91 Å². The Morgan fingerprint density at radius 3 is 2.33 bits per heavy atom. The van der Waals surface area contributed by atoms with Crippen LogP contribution in [-0.4, -0.2) is 24.0 Å². The molecule has 2 aliphatic rings. The van der Waals surface area contributed by atoms with E-state index in [0.29, 0.717) is 0 Å². The highest BCUT2D eigenvalue weighted by Gasteiger charge is 2.62. The summed E-state index contributed by atoms with van der Waals surface area (Å²) in [5.74, 6) is -2.39. The maximum Gasteiger partial charge on any atom is 0.435 e. The zero-order chi connectivity index (χ0) is 24.1. The van der Waals surface area contributed by atoms with Crippen LogP contribution in [0.5, 0.6) is 0 Å². The summed E-state index contributed by atoms with van der Waals surface area (Å²) in [4.78, 5) is 16.7. The first kappa shape index (κ1) is 23.8. The summed E-state index contributed by atoms with van der Waals surface area (Å²) in [5, 5.41) is 2.55. The van der Waals surface area contributed by atoms with Gasteiger partial charge >= 0.3 is 6.18 Å². The number of oxime groups is 1.